The van der Waals surface area contributed by atoms with Crippen molar-refractivity contribution in [3.8, 4) is 5.75 Å². The van der Waals surface area contributed by atoms with Gasteiger partial charge in [0.15, 0.2) is 0 Å². The molecule has 0 aromatic heterocycles. The van der Waals surface area contributed by atoms with Crippen LogP contribution in [0.4, 0.5) is 18.9 Å². The van der Waals surface area contributed by atoms with E-state index in [0.717, 1.165) is 11.4 Å². The van der Waals surface area contributed by atoms with Crippen LogP contribution in [0.5, 0.6) is 5.75 Å². The summed E-state index contributed by atoms with van der Waals surface area (Å²) in [5.41, 5.74) is 0.959. The first-order valence-corrected chi connectivity index (χ1v) is 7.45. The standard InChI is InChI=1S/C15H24F3N3O2/c1-22-10-11-23-14-4-2-13(3-5-14)21-9-8-19-6-7-20-12-15(16,17)18/h2-5,19-21H,6-12H2,1H3. The van der Waals surface area contributed by atoms with E-state index in [-0.39, 0.29) is 6.54 Å². The smallest absolute Gasteiger partial charge is 0.401 e. The lowest BCUT2D eigenvalue weighted by atomic mass is 10.3. The van der Waals surface area contributed by atoms with Crippen molar-refractivity contribution < 1.29 is 22.6 Å². The fraction of sp³-hybridized carbons (Fsp3) is 0.600. The Bertz CT molecular complexity index is 413. The molecule has 0 radical (unpaired) electrons. The minimum Gasteiger partial charge on any atom is -0.491 e. The van der Waals surface area contributed by atoms with Gasteiger partial charge in [-0.15, -0.1) is 0 Å². The first kappa shape index (κ1) is 19.5. The first-order chi connectivity index (χ1) is 11.0. The fourth-order valence-electron chi connectivity index (χ4n) is 1.74. The highest BCUT2D eigenvalue weighted by molar-refractivity contribution is 5.46. The average Bonchev–Trinajstić information content (AvgIpc) is 2.50. The number of nitrogens with one attached hydrogen (secondary N) is 3. The maximum Gasteiger partial charge on any atom is 0.401 e. The highest BCUT2D eigenvalue weighted by Crippen LogP contribution is 2.15. The third kappa shape index (κ3) is 10.8. The second-order valence-electron chi connectivity index (χ2n) is 4.83. The second kappa shape index (κ2) is 11.1. The molecule has 0 aliphatic heterocycles. The van der Waals surface area contributed by atoms with Crippen LogP contribution >= 0.6 is 0 Å². The molecule has 23 heavy (non-hydrogen) atoms. The van der Waals surface area contributed by atoms with Gasteiger partial charge in [0.2, 0.25) is 0 Å². The number of rotatable bonds is 12. The molecule has 0 aliphatic rings. The van der Waals surface area contributed by atoms with Gasteiger partial charge in [-0.25, -0.2) is 0 Å². The van der Waals surface area contributed by atoms with Crippen molar-refractivity contribution in [2.24, 2.45) is 0 Å². The summed E-state index contributed by atoms with van der Waals surface area (Å²) in [5.74, 6) is 0.779. The molecule has 0 aliphatic carbocycles. The number of benzene rings is 1. The lowest BCUT2D eigenvalue weighted by molar-refractivity contribution is -0.124. The van der Waals surface area contributed by atoms with E-state index >= 15 is 0 Å². The number of halogens is 3. The molecular formula is C15H24F3N3O2. The van der Waals surface area contributed by atoms with Crippen molar-refractivity contribution >= 4 is 5.69 Å². The van der Waals surface area contributed by atoms with Crippen LogP contribution in [-0.4, -0.2) is 59.2 Å². The van der Waals surface area contributed by atoms with E-state index in [1.807, 2.05) is 24.3 Å². The fourth-order valence-corrected chi connectivity index (χ4v) is 1.74. The first-order valence-electron chi connectivity index (χ1n) is 7.45. The van der Waals surface area contributed by atoms with Gasteiger partial charge in [0, 0.05) is 39.0 Å². The molecule has 0 saturated heterocycles. The Kier molecular flexibility index (Phi) is 9.42. The van der Waals surface area contributed by atoms with E-state index in [9.17, 15) is 13.2 Å². The quantitative estimate of drug-likeness (QED) is 0.509. The maximum absolute atomic E-state index is 11.9. The lowest BCUT2D eigenvalue weighted by Crippen LogP contribution is -2.35. The summed E-state index contributed by atoms with van der Waals surface area (Å²) >= 11 is 0. The Morgan fingerprint density at radius 1 is 0.913 bits per heavy atom. The molecular weight excluding hydrogens is 311 g/mol. The molecule has 8 heteroatoms. The van der Waals surface area contributed by atoms with E-state index in [1.165, 1.54) is 0 Å². The van der Waals surface area contributed by atoms with Gasteiger partial charge < -0.3 is 25.4 Å². The van der Waals surface area contributed by atoms with Crippen molar-refractivity contribution in [3.63, 3.8) is 0 Å². The Hall–Kier alpha value is -1.51. The van der Waals surface area contributed by atoms with Gasteiger partial charge in [-0.1, -0.05) is 0 Å². The van der Waals surface area contributed by atoms with Crippen molar-refractivity contribution in [3.05, 3.63) is 24.3 Å². The van der Waals surface area contributed by atoms with Crippen molar-refractivity contribution in [2.75, 3.05) is 58.4 Å². The highest BCUT2D eigenvalue weighted by Gasteiger charge is 2.25. The normalized spacial score (nSPS) is 11.5. The number of methoxy groups -OCH3 is 1. The topological polar surface area (TPSA) is 54.6 Å². The van der Waals surface area contributed by atoms with Gasteiger partial charge in [-0.3, -0.25) is 0 Å². The van der Waals surface area contributed by atoms with Crippen molar-refractivity contribution in [1.29, 1.82) is 0 Å². The monoisotopic (exact) mass is 335 g/mol. The zero-order chi connectivity index (χ0) is 17.0. The zero-order valence-electron chi connectivity index (χ0n) is 13.2. The summed E-state index contributed by atoms with van der Waals surface area (Å²) in [7, 11) is 1.62. The van der Waals surface area contributed by atoms with Gasteiger partial charge in [0.1, 0.15) is 12.4 Å². The average molecular weight is 335 g/mol. The van der Waals surface area contributed by atoms with Crippen LogP contribution < -0.4 is 20.7 Å². The summed E-state index contributed by atoms with van der Waals surface area (Å²) in [6, 6.07) is 7.55. The second-order valence-corrected chi connectivity index (χ2v) is 4.83. The molecule has 1 aromatic rings. The summed E-state index contributed by atoms with van der Waals surface area (Å²) in [6.45, 7) is 2.23. The zero-order valence-corrected chi connectivity index (χ0v) is 13.2. The predicted molar refractivity (Wildman–Crippen MR) is 84.1 cm³/mol. The largest absolute Gasteiger partial charge is 0.491 e. The number of anilines is 1. The van der Waals surface area contributed by atoms with Crippen LogP contribution in [-0.2, 0) is 4.74 Å². The molecule has 0 fully saturated rings. The van der Waals surface area contributed by atoms with Gasteiger partial charge in [0.05, 0.1) is 13.2 Å². The molecule has 5 nitrogen and oxygen atoms in total. The summed E-state index contributed by atoms with van der Waals surface area (Å²) < 4.78 is 46.0. The molecule has 1 rings (SSSR count). The molecule has 0 unspecified atom stereocenters. The molecule has 0 bridgehead atoms. The van der Waals surface area contributed by atoms with E-state index in [1.54, 1.807) is 7.11 Å². The predicted octanol–water partition coefficient (Wildman–Crippen LogP) is 1.87. The molecule has 1 aromatic carbocycles. The molecule has 3 N–H and O–H groups in total. The Labute approximate surface area is 134 Å². The van der Waals surface area contributed by atoms with E-state index in [2.05, 4.69) is 16.0 Å². The maximum atomic E-state index is 11.9. The van der Waals surface area contributed by atoms with Crippen LogP contribution in [0, 0.1) is 0 Å². The van der Waals surface area contributed by atoms with Gasteiger partial charge in [0.25, 0.3) is 0 Å². The van der Waals surface area contributed by atoms with Crippen molar-refractivity contribution in [1.82, 2.24) is 10.6 Å². The summed E-state index contributed by atoms with van der Waals surface area (Å²) in [6.07, 6.45) is -4.15. The minimum atomic E-state index is -4.15. The van der Waals surface area contributed by atoms with Crippen LogP contribution in [0.1, 0.15) is 0 Å². The molecule has 0 heterocycles. The number of ether oxygens (including phenoxy) is 2. The van der Waals surface area contributed by atoms with Crippen LogP contribution in [0.25, 0.3) is 0 Å². The molecule has 0 spiro atoms. The Morgan fingerprint density at radius 2 is 1.57 bits per heavy atom. The van der Waals surface area contributed by atoms with E-state index in [0.29, 0.717) is 32.8 Å². The van der Waals surface area contributed by atoms with E-state index < -0.39 is 12.7 Å². The molecule has 0 atom stereocenters. The third-order valence-electron chi connectivity index (χ3n) is 2.85. The van der Waals surface area contributed by atoms with Gasteiger partial charge >= 0.3 is 6.18 Å². The number of alkyl halides is 3. The molecule has 132 valence electrons. The Balaban J connectivity index is 2.03. The SMILES string of the molecule is COCCOc1ccc(NCCNCCNCC(F)(F)F)cc1. The number of hydrogen-bond donors (Lipinski definition) is 3. The number of hydrogen-bond acceptors (Lipinski definition) is 5. The molecule has 0 saturated carbocycles. The van der Waals surface area contributed by atoms with E-state index in [4.69, 9.17) is 9.47 Å². The molecule has 0 amide bonds. The van der Waals surface area contributed by atoms with Gasteiger partial charge in [-0.2, -0.15) is 13.2 Å². The van der Waals surface area contributed by atoms with Crippen molar-refractivity contribution in [2.45, 2.75) is 6.18 Å². The Morgan fingerprint density at radius 3 is 2.22 bits per heavy atom. The summed E-state index contributed by atoms with van der Waals surface area (Å²) in [5, 5.41) is 8.60. The minimum absolute atomic E-state index is 0.285. The van der Waals surface area contributed by atoms with Crippen LogP contribution in [0.2, 0.25) is 0 Å². The summed E-state index contributed by atoms with van der Waals surface area (Å²) in [4.78, 5) is 0. The van der Waals surface area contributed by atoms with Gasteiger partial charge in [-0.05, 0) is 24.3 Å². The van der Waals surface area contributed by atoms with Crippen LogP contribution in [0.15, 0.2) is 24.3 Å². The highest BCUT2D eigenvalue weighted by atomic mass is 19.4. The third-order valence-corrected chi connectivity index (χ3v) is 2.85. The van der Waals surface area contributed by atoms with Crippen LogP contribution in [0.3, 0.4) is 0 Å². The lowest BCUT2D eigenvalue weighted by Gasteiger charge is -2.10.